The Morgan fingerprint density at radius 1 is 1.25 bits per heavy atom. The number of ether oxygens (including phenoxy) is 1. The predicted octanol–water partition coefficient (Wildman–Crippen LogP) is 1.35. The van der Waals surface area contributed by atoms with Gasteiger partial charge >= 0.3 is 5.97 Å². The molecule has 0 aliphatic carbocycles. The van der Waals surface area contributed by atoms with Crippen molar-refractivity contribution in [2.45, 2.75) is 6.42 Å². The third-order valence-electron chi connectivity index (χ3n) is 3.12. The van der Waals surface area contributed by atoms with Crippen molar-refractivity contribution in [1.82, 2.24) is 10.2 Å². The fourth-order valence-corrected chi connectivity index (χ4v) is 2.94. The van der Waals surface area contributed by atoms with E-state index >= 15 is 0 Å². The molecule has 128 valence electrons. The van der Waals surface area contributed by atoms with Crippen molar-refractivity contribution < 1.29 is 23.9 Å². The van der Waals surface area contributed by atoms with Crippen LogP contribution in [0.25, 0.3) is 0 Å². The van der Waals surface area contributed by atoms with Crippen molar-refractivity contribution in [3.63, 3.8) is 0 Å². The number of amides is 3. The fraction of sp³-hybridized carbons (Fsp3) is 0.333. The highest BCUT2D eigenvalue weighted by molar-refractivity contribution is 9.10. The normalized spacial score (nSPS) is 14.0. The molecule has 0 radical (unpaired) electrons. The Balaban J connectivity index is 1.63. The van der Waals surface area contributed by atoms with Crippen LogP contribution in [0, 0.1) is 0 Å². The molecule has 0 bridgehead atoms. The van der Waals surface area contributed by atoms with E-state index in [2.05, 4.69) is 21.2 Å². The van der Waals surface area contributed by atoms with E-state index in [1.54, 1.807) is 12.1 Å². The Kier molecular flexibility index (Phi) is 6.80. The molecule has 1 N–H and O–H groups in total. The number of nitrogens with one attached hydrogen (secondary N) is 1. The van der Waals surface area contributed by atoms with Crippen molar-refractivity contribution in [3.05, 3.63) is 34.3 Å². The number of benzene rings is 1. The molecule has 1 saturated heterocycles. The summed E-state index contributed by atoms with van der Waals surface area (Å²) in [7, 11) is 0. The maximum atomic E-state index is 11.7. The number of halogens is 1. The molecule has 0 atom stereocenters. The summed E-state index contributed by atoms with van der Waals surface area (Å²) in [6, 6.07) is 7.20. The minimum Gasteiger partial charge on any atom is -0.455 e. The van der Waals surface area contributed by atoms with E-state index in [0.717, 1.165) is 26.7 Å². The summed E-state index contributed by atoms with van der Waals surface area (Å²) in [5, 5.41) is 2.19. The minimum absolute atomic E-state index is 0.0779. The van der Waals surface area contributed by atoms with Crippen LogP contribution < -0.4 is 5.32 Å². The van der Waals surface area contributed by atoms with Gasteiger partial charge in [0, 0.05) is 17.6 Å². The van der Waals surface area contributed by atoms with Crippen molar-refractivity contribution in [2.24, 2.45) is 0 Å². The lowest BCUT2D eigenvalue weighted by Gasteiger charge is -2.13. The molecule has 0 spiro atoms. The molecule has 0 unspecified atom stereocenters. The number of carbonyl (C=O) groups excluding carboxylic acids is 4. The van der Waals surface area contributed by atoms with Gasteiger partial charge in [0.2, 0.25) is 5.91 Å². The number of imide groups is 1. The fourth-order valence-electron chi connectivity index (χ4n) is 1.92. The van der Waals surface area contributed by atoms with Gasteiger partial charge in [0.25, 0.3) is 11.1 Å². The lowest BCUT2D eigenvalue weighted by Crippen LogP contribution is -2.38. The molecule has 0 saturated carbocycles. The average Bonchev–Trinajstić information content (AvgIpc) is 2.87. The zero-order valence-electron chi connectivity index (χ0n) is 12.6. The third-order valence-corrected chi connectivity index (χ3v) is 4.51. The van der Waals surface area contributed by atoms with Crippen LogP contribution in [0.2, 0.25) is 0 Å². The number of carbonyl (C=O) groups is 4. The van der Waals surface area contributed by atoms with Gasteiger partial charge in [-0.05, 0) is 17.7 Å². The van der Waals surface area contributed by atoms with Gasteiger partial charge in [0.1, 0.15) is 0 Å². The van der Waals surface area contributed by atoms with Crippen LogP contribution in [0.5, 0.6) is 0 Å². The molecule has 1 heterocycles. The van der Waals surface area contributed by atoms with Gasteiger partial charge in [-0.15, -0.1) is 0 Å². The maximum Gasteiger partial charge on any atom is 0.310 e. The summed E-state index contributed by atoms with van der Waals surface area (Å²) in [6.45, 7) is -0.156. The first-order chi connectivity index (χ1) is 11.5. The van der Waals surface area contributed by atoms with Gasteiger partial charge in [0.15, 0.2) is 6.61 Å². The highest BCUT2D eigenvalue weighted by atomic mass is 79.9. The molecule has 1 aromatic carbocycles. The molecule has 2 rings (SSSR count). The Bertz CT molecular complexity index is 634. The van der Waals surface area contributed by atoms with E-state index in [-0.39, 0.29) is 36.4 Å². The average molecular weight is 415 g/mol. The van der Waals surface area contributed by atoms with Crippen LogP contribution in [-0.2, 0) is 25.5 Å². The third kappa shape index (κ3) is 5.64. The Labute approximate surface area is 151 Å². The standard InChI is InChI=1S/C15H15BrN2O5S/c16-11-3-1-10(2-4-11)7-14(21)23-8-12(19)17-5-6-18-13(20)9-24-15(18)22/h1-4H,5-9H2,(H,17,19). The number of nitrogens with zero attached hydrogens (tertiary/aromatic N) is 1. The van der Waals surface area contributed by atoms with Crippen molar-refractivity contribution in [3.8, 4) is 0 Å². The van der Waals surface area contributed by atoms with Crippen molar-refractivity contribution in [2.75, 3.05) is 25.4 Å². The van der Waals surface area contributed by atoms with Crippen LogP contribution >= 0.6 is 27.7 Å². The Morgan fingerprint density at radius 2 is 1.96 bits per heavy atom. The molecule has 1 aliphatic rings. The lowest BCUT2D eigenvalue weighted by atomic mass is 10.2. The molecule has 1 aromatic rings. The van der Waals surface area contributed by atoms with Crippen LogP contribution in [-0.4, -0.2) is 53.4 Å². The Morgan fingerprint density at radius 3 is 2.58 bits per heavy atom. The van der Waals surface area contributed by atoms with E-state index in [1.807, 2.05) is 12.1 Å². The monoisotopic (exact) mass is 414 g/mol. The van der Waals surface area contributed by atoms with Crippen LogP contribution in [0.3, 0.4) is 0 Å². The highest BCUT2D eigenvalue weighted by Gasteiger charge is 2.29. The number of thioether (sulfide) groups is 1. The van der Waals surface area contributed by atoms with E-state index in [0.29, 0.717) is 0 Å². The predicted molar refractivity (Wildman–Crippen MR) is 91.4 cm³/mol. The maximum absolute atomic E-state index is 11.7. The molecule has 1 fully saturated rings. The van der Waals surface area contributed by atoms with Crippen LogP contribution in [0.15, 0.2) is 28.7 Å². The van der Waals surface area contributed by atoms with Gasteiger partial charge in [-0.2, -0.15) is 0 Å². The molecule has 1 aliphatic heterocycles. The smallest absolute Gasteiger partial charge is 0.310 e. The van der Waals surface area contributed by atoms with Crippen molar-refractivity contribution in [1.29, 1.82) is 0 Å². The molecule has 7 nitrogen and oxygen atoms in total. The first kappa shape index (κ1) is 18.5. The quantitative estimate of drug-likeness (QED) is 0.676. The van der Waals surface area contributed by atoms with Crippen LogP contribution in [0.4, 0.5) is 4.79 Å². The van der Waals surface area contributed by atoms with Crippen LogP contribution in [0.1, 0.15) is 5.56 Å². The molecular formula is C15H15BrN2O5S. The molecule has 24 heavy (non-hydrogen) atoms. The summed E-state index contributed by atoms with van der Waals surface area (Å²) in [5.74, 6) is -1.11. The van der Waals surface area contributed by atoms with E-state index < -0.39 is 18.5 Å². The van der Waals surface area contributed by atoms with E-state index in [9.17, 15) is 19.2 Å². The number of esters is 1. The Hall–Kier alpha value is -1.87. The van der Waals surface area contributed by atoms with E-state index in [1.165, 1.54) is 0 Å². The molecule has 0 aromatic heterocycles. The summed E-state index contributed by atoms with van der Waals surface area (Å²) in [6.07, 6.45) is 0.0779. The number of hydrogen-bond donors (Lipinski definition) is 1. The molecule has 9 heteroatoms. The summed E-state index contributed by atoms with van der Waals surface area (Å²) < 4.78 is 5.80. The molecule has 3 amide bonds. The van der Waals surface area contributed by atoms with Gasteiger partial charge in [-0.1, -0.05) is 39.8 Å². The topological polar surface area (TPSA) is 92.8 Å². The van der Waals surface area contributed by atoms with Gasteiger partial charge in [-0.3, -0.25) is 24.1 Å². The second kappa shape index (κ2) is 8.84. The van der Waals surface area contributed by atoms with Gasteiger partial charge in [0.05, 0.1) is 12.2 Å². The zero-order chi connectivity index (χ0) is 17.5. The van der Waals surface area contributed by atoms with E-state index in [4.69, 9.17) is 4.74 Å². The first-order valence-corrected chi connectivity index (χ1v) is 8.87. The zero-order valence-corrected chi connectivity index (χ0v) is 15.0. The lowest BCUT2D eigenvalue weighted by molar-refractivity contribution is -0.147. The summed E-state index contributed by atoms with van der Waals surface area (Å²) >= 11 is 4.24. The summed E-state index contributed by atoms with van der Waals surface area (Å²) in [4.78, 5) is 47.1. The number of rotatable bonds is 7. The summed E-state index contributed by atoms with van der Waals surface area (Å²) in [5.41, 5.74) is 0.784. The highest BCUT2D eigenvalue weighted by Crippen LogP contribution is 2.17. The second-order valence-corrected chi connectivity index (χ2v) is 6.76. The van der Waals surface area contributed by atoms with Gasteiger partial charge in [-0.25, -0.2) is 0 Å². The first-order valence-electron chi connectivity index (χ1n) is 7.09. The van der Waals surface area contributed by atoms with Crippen molar-refractivity contribution >= 4 is 50.7 Å². The second-order valence-electron chi connectivity index (χ2n) is 4.91. The number of hydrogen-bond acceptors (Lipinski definition) is 6. The molecular weight excluding hydrogens is 400 g/mol. The SMILES string of the molecule is O=C(COC(=O)Cc1ccc(Br)cc1)NCCN1C(=O)CSC1=O. The minimum atomic E-state index is -0.506. The van der Waals surface area contributed by atoms with Gasteiger partial charge < -0.3 is 10.1 Å². The largest absolute Gasteiger partial charge is 0.455 e.